The van der Waals surface area contributed by atoms with Crippen LogP contribution < -0.4 is 5.32 Å². The Morgan fingerprint density at radius 3 is 2.54 bits per heavy atom. The van der Waals surface area contributed by atoms with E-state index >= 15 is 0 Å². The summed E-state index contributed by atoms with van der Waals surface area (Å²) in [5.41, 5.74) is 0. The first-order valence-electron chi connectivity index (χ1n) is 3.64. The van der Waals surface area contributed by atoms with Crippen LogP contribution in [0.25, 0.3) is 0 Å². The first-order valence-corrected chi connectivity index (χ1v) is 5.17. The number of carbonyl (C=O) groups excluding carboxylic acids is 1. The van der Waals surface area contributed by atoms with Crippen LogP contribution in [0.3, 0.4) is 0 Å². The van der Waals surface area contributed by atoms with Crippen LogP contribution in [0.1, 0.15) is 23.5 Å². The van der Waals surface area contributed by atoms with Gasteiger partial charge >= 0.3 is 0 Å². The van der Waals surface area contributed by atoms with E-state index in [2.05, 4.69) is 9.69 Å². The minimum absolute atomic E-state index is 0.0736. The number of amides is 1. The average Bonchev–Trinajstić information content (AvgIpc) is 2.31. The summed E-state index contributed by atoms with van der Waals surface area (Å²) in [5, 5.41) is 3.11. The second-order valence-electron chi connectivity index (χ2n) is 2.74. The van der Waals surface area contributed by atoms with Gasteiger partial charge < -0.3 is 5.32 Å². The molecule has 1 aromatic rings. The third-order valence-corrected chi connectivity index (χ3v) is 3.02. The fourth-order valence-electron chi connectivity index (χ4n) is 0.728. The maximum atomic E-state index is 11.4. The molecule has 3 nitrogen and oxygen atoms in total. The van der Waals surface area contributed by atoms with Gasteiger partial charge in [0.1, 0.15) is 9.90 Å². The van der Waals surface area contributed by atoms with Gasteiger partial charge in [0.15, 0.2) is 5.15 Å². The first kappa shape index (κ1) is 10.8. The highest BCUT2D eigenvalue weighted by Gasteiger charge is 2.17. The number of nitrogens with zero attached hydrogens (tertiary/aromatic N) is 1. The molecule has 1 rings (SSSR count). The molecule has 0 radical (unpaired) electrons. The third kappa shape index (κ3) is 2.56. The van der Waals surface area contributed by atoms with Gasteiger partial charge in [-0.3, -0.25) is 4.79 Å². The van der Waals surface area contributed by atoms with Gasteiger partial charge in [-0.05, 0) is 25.4 Å². The molecule has 0 aliphatic heterocycles. The van der Waals surface area contributed by atoms with Gasteiger partial charge in [-0.2, -0.15) is 4.37 Å². The fraction of sp³-hybridized carbons (Fsp3) is 0.429. The van der Waals surface area contributed by atoms with Gasteiger partial charge in [0.05, 0.1) is 0 Å². The lowest BCUT2D eigenvalue weighted by Crippen LogP contribution is -2.29. The third-order valence-electron chi connectivity index (χ3n) is 1.22. The van der Waals surface area contributed by atoms with Crippen molar-refractivity contribution in [3.05, 3.63) is 15.1 Å². The van der Waals surface area contributed by atoms with E-state index in [0.717, 1.165) is 11.5 Å². The molecule has 0 unspecified atom stereocenters. The molecule has 6 heteroatoms. The number of rotatable bonds is 2. The lowest BCUT2D eigenvalue weighted by Gasteiger charge is -2.05. The van der Waals surface area contributed by atoms with Gasteiger partial charge in [0.25, 0.3) is 5.91 Å². The Kier molecular flexibility index (Phi) is 3.53. The minimum atomic E-state index is -0.232. The monoisotopic (exact) mass is 238 g/mol. The van der Waals surface area contributed by atoms with Crippen molar-refractivity contribution < 1.29 is 4.79 Å². The average molecular weight is 239 g/mol. The van der Waals surface area contributed by atoms with E-state index in [1.807, 2.05) is 13.8 Å². The smallest absolute Gasteiger partial charge is 0.264 e. The zero-order valence-electron chi connectivity index (χ0n) is 7.10. The normalized spacial score (nSPS) is 10.5. The summed E-state index contributed by atoms with van der Waals surface area (Å²) < 4.78 is 3.76. The molecule has 0 bridgehead atoms. The highest BCUT2D eigenvalue weighted by Crippen LogP contribution is 2.28. The molecule has 13 heavy (non-hydrogen) atoms. The number of hydrogen-bond acceptors (Lipinski definition) is 3. The molecular formula is C7H8Cl2N2OS. The highest BCUT2D eigenvalue weighted by atomic mass is 35.5. The van der Waals surface area contributed by atoms with Crippen molar-refractivity contribution in [1.82, 2.24) is 9.69 Å². The summed E-state index contributed by atoms with van der Waals surface area (Å²) in [7, 11) is 0. The topological polar surface area (TPSA) is 42.0 Å². The van der Waals surface area contributed by atoms with Crippen LogP contribution in [0.2, 0.25) is 10.2 Å². The van der Waals surface area contributed by atoms with Gasteiger partial charge in [-0.1, -0.05) is 23.2 Å². The van der Waals surface area contributed by atoms with E-state index in [9.17, 15) is 4.79 Å². The molecule has 1 aromatic heterocycles. The zero-order valence-corrected chi connectivity index (χ0v) is 9.43. The quantitative estimate of drug-likeness (QED) is 0.861. The van der Waals surface area contributed by atoms with Crippen LogP contribution in [0.5, 0.6) is 0 Å². The zero-order chi connectivity index (χ0) is 10.0. The van der Waals surface area contributed by atoms with Gasteiger partial charge in [-0.25, -0.2) is 0 Å². The van der Waals surface area contributed by atoms with Crippen LogP contribution in [0, 0.1) is 0 Å². The fourth-order valence-corrected chi connectivity index (χ4v) is 1.85. The van der Waals surface area contributed by atoms with Gasteiger partial charge in [0.2, 0.25) is 0 Å². The summed E-state index contributed by atoms with van der Waals surface area (Å²) in [6.07, 6.45) is 0. The Labute approximate surface area is 90.2 Å². The van der Waals surface area contributed by atoms with Crippen LogP contribution >= 0.6 is 34.7 Å². The minimum Gasteiger partial charge on any atom is -0.349 e. The maximum absolute atomic E-state index is 11.4. The van der Waals surface area contributed by atoms with Gasteiger partial charge in [0, 0.05) is 6.04 Å². The van der Waals surface area contributed by atoms with E-state index in [1.54, 1.807) is 0 Å². The molecule has 0 saturated heterocycles. The molecule has 0 spiro atoms. The van der Waals surface area contributed by atoms with Gasteiger partial charge in [-0.15, -0.1) is 0 Å². The van der Waals surface area contributed by atoms with Crippen molar-refractivity contribution >= 4 is 40.6 Å². The molecule has 1 amide bonds. The molecule has 0 aliphatic rings. The Morgan fingerprint density at radius 2 is 2.15 bits per heavy atom. The molecule has 0 atom stereocenters. The largest absolute Gasteiger partial charge is 0.349 e. The molecule has 0 aromatic carbocycles. The number of aromatic nitrogens is 1. The predicted molar refractivity (Wildman–Crippen MR) is 54.7 cm³/mol. The SMILES string of the molecule is CC(C)NC(=O)c1snc(Cl)c1Cl. The molecular weight excluding hydrogens is 231 g/mol. The summed E-state index contributed by atoms with van der Waals surface area (Å²) >= 11 is 12.3. The highest BCUT2D eigenvalue weighted by molar-refractivity contribution is 7.09. The maximum Gasteiger partial charge on any atom is 0.264 e. The lowest BCUT2D eigenvalue weighted by atomic mass is 10.3. The van der Waals surface area contributed by atoms with Crippen molar-refractivity contribution in [1.29, 1.82) is 0 Å². The Bertz CT molecular complexity index is 324. The van der Waals surface area contributed by atoms with Crippen molar-refractivity contribution in [2.24, 2.45) is 0 Å². The summed E-state index contributed by atoms with van der Waals surface area (Å²) in [6.45, 7) is 3.74. The first-order chi connectivity index (χ1) is 6.02. The number of carbonyl (C=O) groups is 1. The summed E-state index contributed by atoms with van der Waals surface area (Å²) in [5.74, 6) is -0.232. The van der Waals surface area contributed by atoms with E-state index < -0.39 is 0 Å². The number of nitrogens with one attached hydrogen (secondary N) is 1. The van der Waals surface area contributed by atoms with Crippen molar-refractivity contribution in [3.8, 4) is 0 Å². The predicted octanol–water partition coefficient (Wildman–Crippen LogP) is 2.59. The lowest BCUT2D eigenvalue weighted by molar-refractivity contribution is 0.0947. The van der Waals surface area contributed by atoms with Crippen molar-refractivity contribution in [2.75, 3.05) is 0 Å². The van der Waals surface area contributed by atoms with Crippen molar-refractivity contribution in [3.63, 3.8) is 0 Å². The van der Waals surface area contributed by atoms with Crippen LogP contribution in [-0.2, 0) is 0 Å². The second kappa shape index (κ2) is 4.26. The molecule has 72 valence electrons. The molecule has 0 saturated carbocycles. The summed E-state index contributed by atoms with van der Waals surface area (Å²) in [4.78, 5) is 11.8. The van der Waals surface area contributed by atoms with Crippen molar-refractivity contribution in [2.45, 2.75) is 19.9 Å². The Morgan fingerprint density at radius 1 is 1.54 bits per heavy atom. The summed E-state index contributed by atoms with van der Waals surface area (Å²) in [6, 6.07) is 0.0736. The standard InChI is InChI=1S/C7H8Cl2N2OS/c1-3(2)10-7(12)5-4(8)6(9)11-13-5/h3H,1-2H3,(H,10,12). The van der Waals surface area contributed by atoms with E-state index in [0.29, 0.717) is 4.88 Å². The molecule has 1 N–H and O–H groups in total. The second-order valence-corrected chi connectivity index (χ2v) is 4.25. The van der Waals surface area contributed by atoms with E-state index in [-0.39, 0.29) is 22.1 Å². The van der Waals surface area contributed by atoms with E-state index in [4.69, 9.17) is 23.2 Å². The molecule has 0 aliphatic carbocycles. The van der Waals surface area contributed by atoms with Crippen LogP contribution in [-0.4, -0.2) is 16.3 Å². The van der Waals surface area contributed by atoms with Crippen LogP contribution in [0.4, 0.5) is 0 Å². The molecule has 0 fully saturated rings. The Balaban J connectivity index is 2.83. The number of hydrogen-bond donors (Lipinski definition) is 1. The molecule has 1 heterocycles. The van der Waals surface area contributed by atoms with E-state index in [1.165, 1.54) is 0 Å². The van der Waals surface area contributed by atoms with Crippen LogP contribution in [0.15, 0.2) is 0 Å². The number of halogens is 2. The Hall–Kier alpha value is -0.320.